The lowest BCUT2D eigenvalue weighted by Gasteiger charge is -2.09. The van der Waals surface area contributed by atoms with Crippen LogP contribution in [0.2, 0.25) is 0 Å². The van der Waals surface area contributed by atoms with Gasteiger partial charge in [-0.1, -0.05) is 5.16 Å². The van der Waals surface area contributed by atoms with Crippen LogP contribution in [-0.2, 0) is 0 Å². The maximum absolute atomic E-state index is 5.28. The lowest BCUT2D eigenvalue weighted by molar-refractivity contribution is 0.393. The van der Waals surface area contributed by atoms with Gasteiger partial charge in [0.25, 0.3) is 0 Å². The summed E-state index contributed by atoms with van der Waals surface area (Å²) in [5.41, 5.74) is 6.24. The van der Waals surface area contributed by atoms with E-state index in [0.29, 0.717) is 5.95 Å². The molecule has 2 aromatic heterocycles. The van der Waals surface area contributed by atoms with Crippen LogP contribution in [0.3, 0.4) is 0 Å². The van der Waals surface area contributed by atoms with E-state index < -0.39 is 0 Å². The summed E-state index contributed by atoms with van der Waals surface area (Å²) in [4.78, 5) is 4.62. The molecule has 7 nitrogen and oxygen atoms in total. The number of ether oxygens (including phenoxy) is 1. The Hall–Kier alpha value is -3.48. The Kier molecular flexibility index (Phi) is 4.19. The van der Waals surface area contributed by atoms with Gasteiger partial charge in [-0.3, -0.25) is 0 Å². The molecule has 0 aliphatic carbocycles. The van der Waals surface area contributed by atoms with Gasteiger partial charge in [0.15, 0.2) is 0 Å². The van der Waals surface area contributed by atoms with E-state index in [-0.39, 0.29) is 0 Å². The molecule has 0 amide bonds. The van der Waals surface area contributed by atoms with Crippen LogP contribution in [0.25, 0.3) is 22.2 Å². The second kappa shape index (κ2) is 6.68. The zero-order valence-electron chi connectivity index (χ0n) is 15.6. The minimum absolute atomic E-state index is 0.445. The molecular weight excluding hydrogens is 342 g/mol. The van der Waals surface area contributed by atoms with Crippen LogP contribution in [-0.4, -0.2) is 27.4 Å². The van der Waals surface area contributed by atoms with Crippen LogP contribution in [0.4, 0.5) is 11.6 Å². The van der Waals surface area contributed by atoms with E-state index >= 15 is 0 Å². The second-order valence-corrected chi connectivity index (χ2v) is 6.35. The minimum Gasteiger partial charge on any atom is -0.497 e. The molecular formula is C20H19N5O2. The Morgan fingerprint density at radius 1 is 1.00 bits per heavy atom. The normalized spacial score (nSPS) is 11.0. The summed E-state index contributed by atoms with van der Waals surface area (Å²) in [5, 5.41) is 15.8. The number of hydrogen-bond donors (Lipinski definition) is 1. The predicted octanol–water partition coefficient (Wildman–Crippen LogP) is 4.36. The summed E-state index contributed by atoms with van der Waals surface area (Å²) in [6.07, 6.45) is 0. The number of nitrogens with zero attached hydrogens (tertiary/aromatic N) is 4. The van der Waals surface area contributed by atoms with E-state index in [9.17, 15) is 0 Å². The number of fused-ring (bicyclic) bond motifs is 1. The summed E-state index contributed by atoms with van der Waals surface area (Å²) in [5.74, 6) is 2.02. The van der Waals surface area contributed by atoms with Gasteiger partial charge in [0.2, 0.25) is 5.95 Å². The largest absolute Gasteiger partial charge is 0.497 e. The van der Waals surface area contributed by atoms with Gasteiger partial charge in [-0.15, -0.1) is 10.2 Å². The van der Waals surface area contributed by atoms with Crippen molar-refractivity contribution in [3.05, 3.63) is 53.4 Å². The molecule has 7 heteroatoms. The van der Waals surface area contributed by atoms with Gasteiger partial charge < -0.3 is 14.6 Å². The van der Waals surface area contributed by atoms with Gasteiger partial charge >= 0.3 is 0 Å². The van der Waals surface area contributed by atoms with Gasteiger partial charge in [-0.05, 0) is 68.3 Å². The molecule has 2 aromatic carbocycles. The van der Waals surface area contributed by atoms with Crippen molar-refractivity contribution in [3.63, 3.8) is 0 Å². The van der Waals surface area contributed by atoms with Crippen LogP contribution in [0.1, 0.15) is 17.0 Å². The van der Waals surface area contributed by atoms with E-state index in [1.54, 1.807) is 7.11 Å². The van der Waals surface area contributed by atoms with Crippen LogP contribution >= 0.6 is 0 Å². The lowest BCUT2D eigenvalue weighted by Crippen LogP contribution is -2.01. The van der Waals surface area contributed by atoms with Gasteiger partial charge in [0.05, 0.1) is 18.3 Å². The lowest BCUT2D eigenvalue weighted by atomic mass is 10.0. The van der Waals surface area contributed by atoms with Crippen LogP contribution < -0.4 is 10.1 Å². The number of benzene rings is 2. The van der Waals surface area contributed by atoms with Crippen molar-refractivity contribution in [1.82, 2.24) is 20.3 Å². The fourth-order valence-corrected chi connectivity index (χ4v) is 3.11. The SMILES string of the molecule is COc1ccc(Nc2nnc3cc(-c4c(C)noc4C)cc(C)c3n2)cc1. The van der Waals surface area contributed by atoms with Crippen LogP contribution in [0, 0.1) is 20.8 Å². The van der Waals surface area contributed by atoms with Crippen LogP contribution in [0.5, 0.6) is 5.75 Å². The Morgan fingerprint density at radius 2 is 1.78 bits per heavy atom. The molecule has 0 aliphatic heterocycles. The molecule has 0 radical (unpaired) electrons. The third-order valence-electron chi connectivity index (χ3n) is 4.42. The summed E-state index contributed by atoms with van der Waals surface area (Å²) < 4.78 is 10.5. The van der Waals surface area contributed by atoms with E-state index in [1.165, 1.54) is 0 Å². The topological polar surface area (TPSA) is 86.0 Å². The van der Waals surface area contributed by atoms with Gasteiger partial charge in [0, 0.05) is 11.3 Å². The first-order chi connectivity index (χ1) is 13.0. The minimum atomic E-state index is 0.445. The molecule has 0 saturated heterocycles. The standard InChI is InChI=1S/C20H19N5O2/c1-11-9-14(18-12(2)25-27-13(18)3)10-17-19(11)22-20(24-23-17)21-15-5-7-16(26-4)8-6-15/h5-10H,1-4H3,(H,21,22,24). The molecule has 4 rings (SSSR count). The Balaban J connectivity index is 1.70. The van der Waals surface area contributed by atoms with Gasteiger partial charge in [0.1, 0.15) is 17.0 Å². The zero-order chi connectivity index (χ0) is 19.0. The summed E-state index contributed by atoms with van der Waals surface area (Å²) in [6.45, 7) is 5.84. The average Bonchev–Trinajstić information content (AvgIpc) is 3.01. The fourth-order valence-electron chi connectivity index (χ4n) is 3.11. The Bertz CT molecular complexity index is 1100. The first kappa shape index (κ1) is 17.0. The first-order valence-corrected chi connectivity index (χ1v) is 8.54. The highest BCUT2D eigenvalue weighted by atomic mass is 16.5. The summed E-state index contributed by atoms with van der Waals surface area (Å²) in [7, 11) is 1.64. The van der Waals surface area contributed by atoms with Crippen molar-refractivity contribution < 1.29 is 9.26 Å². The van der Waals surface area contributed by atoms with E-state index in [4.69, 9.17) is 9.26 Å². The number of anilines is 2. The molecule has 0 atom stereocenters. The van der Waals surface area contributed by atoms with Crippen molar-refractivity contribution in [1.29, 1.82) is 0 Å². The number of nitrogens with one attached hydrogen (secondary N) is 1. The van der Waals surface area contributed by atoms with Crippen molar-refractivity contribution in [3.8, 4) is 16.9 Å². The monoisotopic (exact) mass is 361 g/mol. The molecule has 2 heterocycles. The highest BCUT2D eigenvalue weighted by Crippen LogP contribution is 2.30. The maximum Gasteiger partial charge on any atom is 0.247 e. The van der Waals surface area contributed by atoms with Crippen LogP contribution in [0.15, 0.2) is 40.9 Å². The van der Waals surface area contributed by atoms with Crippen molar-refractivity contribution >= 4 is 22.7 Å². The molecule has 0 unspecified atom stereocenters. The number of methoxy groups -OCH3 is 1. The molecule has 0 aliphatic rings. The summed E-state index contributed by atoms with van der Waals surface area (Å²) >= 11 is 0. The van der Waals surface area contributed by atoms with E-state index in [1.807, 2.05) is 51.1 Å². The number of aryl methyl sites for hydroxylation is 3. The predicted molar refractivity (Wildman–Crippen MR) is 103 cm³/mol. The first-order valence-electron chi connectivity index (χ1n) is 8.54. The molecule has 1 N–H and O–H groups in total. The average molecular weight is 361 g/mol. The third kappa shape index (κ3) is 3.19. The highest BCUT2D eigenvalue weighted by Gasteiger charge is 2.14. The van der Waals surface area contributed by atoms with Crippen molar-refractivity contribution in [2.75, 3.05) is 12.4 Å². The highest BCUT2D eigenvalue weighted by molar-refractivity contribution is 5.85. The second-order valence-electron chi connectivity index (χ2n) is 6.35. The maximum atomic E-state index is 5.28. The van der Waals surface area contributed by atoms with E-state index in [0.717, 1.165) is 50.6 Å². The number of rotatable bonds is 4. The Morgan fingerprint density at radius 3 is 2.44 bits per heavy atom. The molecule has 0 bridgehead atoms. The summed E-state index contributed by atoms with van der Waals surface area (Å²) in [6, 6.07) is 11.6. The molecule has 4 aromatic rings. The van der Waals surface area contributed by atoms with Crippen molar-refractivity contribution in [2.24, 2.45) is 0 Å². The Labute approximate surface area is 156 Å². The molecule has 27 heavy (non-hydrogen) atoms. The third-order valence-corrected chi connectivity index (χ3v) is 4.42. The molecule has 0 saturated carbocycles. The number of aromatic nitrogens is 4. The van der Waals surface area contributed by atoms with Gasteiger partial charge in [-0.25, -0.2) is 4.98 Å². The molecule has 0 spiro atoms. The van der Waals surface area contributed by atoms with Crippen molar-refractivity contribution in [2.45, 2.75) is 20.8 Å². The fraction of sp³-hybridized carbons (Fsp3) is 0.200. The smallest absolute Gasteiger partial charge is 0.247 e. The zero-order valence-corrected chi connectivity index (χ0v) is 15.6. The number of hydrogen-bond acceptors (Lipinski definition) is 7. The molecule has 0 fully saturated rings. The van der Waals surface area contributed by atoms with E-state index in [2.05, 4.69) is 31.7 Å². The molecule has 136 valence electrons. The quantitative estimate of drug-likeness (QED) is 0.578. The van der Waals surface area contributed by atoms with Gasteiger partial charge in [-0.2, -0.15) is 0 Å².